The molecule has 0 saturated carbocycles. The molecule has 7 heteroatoms. The van der Waals surface area contributed by atoms with Gasteiger partial charge in [0.2, 0.25) is 10.0 Å². The van der Waals surface area contributed by atoms with E-state index in [9.17, 15) is 13.2 Å². The predicted octanol–water partition coefficient (Wildman–Crippen LogP) is 3.57. The molecule has 1 saturated heterocycles. The van der Waals surface area contributed by atoms with Crippen LogP contribution in [-0.4, -0.2) is 38.4 Å². The van der Waals surface area contributed by atoms with Crippen LogP contribution in [0.15, 0.2) is 53.4 Å². The fraction of sp³-hybridized carbons (Fsp3) is 0.409. The molecule has 2 aliphatic heterocycles. The van der Waals surface area contributed by atoms with Gasteiger partial charge in [0.1, 0.15) is 11.4 Å². The molecule has 0 unspecified atom stereocenters. The van der Waals surface area contributed by atoms with Gasteiger partial charge in [-0.25, -0.2) is 13.2 Å². The van der Waals surface area contributed by atoms with Crippen molar-refractivity contribution in [3.05, 3.63) is 59.7 Å². The molecule has 29 heavy (non-hydrogen) atoms. The fourth-order valence-corrected chi connectivity index (χ4v) is 5.37. The van der Waals surface area contributed by atoms with E-state index in [1.54, 1.807) is 30.3 Å². The minimum Gasteiger partial charge on any atom is -0.493 e. The predicted molar refractivity (Wildman–Crippen MR) is 108 cm³/mol. The molecule has 2 aliphatic rings. The monoisotopic (exact) mass is 415 g/mol. The van der Waals surface area contributed by atoms with Crippen molar-refractivity contribution in [3.63, 3.8) is 0 Å². The maximum Gasteiger partial charge on any atom is 0.339 e. The van der Waals surface area contributed by atoms with Crippen molar-refractivity contribution in [1.82, 2.24) is 4.31 Å². The lowest BCUT2D eigenvalue weighted by Gasteiger charge is -2.37. The largest absolute Gasteiger partial charge is 0.493 e. The molecule has 1 spiro atoms. The summed E-state index contributed by atoms with van der Waals surface area (Å²) >= 11 is 0. The van der Waals surface area contributed by atoms with Crippen LogP contribution in [0.2, 0.25) is 0 Å². The average Bonchev–Trinajstić information content (AvgIpc) is 2.99. The van der Waals surface area contributed by atoms with Gasteiger partial charge < -0.3 is 9.47 Å². The van der Waals surface area contributed by atoms with Gasteiger partial charge in [-0.15, -0.1) is 0 Å². The van der Waals surface area contributed by atoms with E-state index in [0.717, 1.165) is 5.56 Å². The van der Waals surface area contributed by atoms with Crippen molar-refractivity contribution in [2.24, 2.45) is 5.92 Å². The van der Waals surface area contributed by atoms with Crippen LogP contribution in [0.5, 0.6) is 5.75 Å². The van der Waals surface area contributed by atoms with Gasteiger partial charge in [0, 0.05) is 31.5 Å². The molecule has 0 aliphatic carbocycles. The van der Waals surface area contributed by atoms with Crippen LogP contribution in [0.25, 0.3) is 0 Å². The first-order chi connectivity index (χ1) is 13.8. The molecular formula is C22H25NO5S. The molecule has 1 fully saturated rings. The molecule has 6 nitrogen and oxygen atoms in total. The molecule has 0 aromatic heterocycles. The second kappa shape index (κ2) is 7.46. The summed E-state index contributed by atoms with van der Waals surface area (Å²) in [6.45, 7) is 5.30. The first-order valence-electron chi connectivity index (χ1n) is 9.88. The van der Waals surface area contributed by atoms with Crippen LogP contribution in [0.3, 0.4) is 0 Å². The molecule has 2 aromatic carbocycles. The highest BCUT2D eigenvalue weighted by Gasteiger charge is 2.48. The van der Waals surface area contributed by atoms with Crippen LogP contribution >= 0.6 is 0 Å². The molecule has 2 aromatic rings. The van der Waals surface area contributed by atoms with E-state index in [4.69, 9.17) is 9.47 Å². The molecule has 4 rings (SSSR count). The number of carbonyl (C=O) groups is 1. The Labute approximate surface area is 171 Å². The van der Waals surface area contributed by atoms with Gasteiger partial charge in [-0.1, -0.05) is 32.0 Å². The summed E-state index contributed by atoms with van der Waals surface area (Å²) in [5.41, 5.74) is 0.739. The molecule has 0 N–H and O–H groups in total. The molecule has 0 atom stereocenters. The molecule has 0 radical (unpaired) electrons. The third-order valence-electron chi connectivity index (χ3n) is 5.50. The van der Waals surface area contributed by atoms with Crippen molar-refractivity contribution in [2.75, 3.05) is 19.7 Å². The Hall–Kier alpha value is -2.38. The van der Waals surface area contributed by atoms with E-state index >= 15 is 0 Å². The van der Waals surface area contributed by atoms with Gasteiger partial charge in [0.25, 0.3) is 0 Å². The van der Waals surface area contributed by atoms with E-state index in [1.807, 2.05) is 18.2 Å². The highest BCUT2D eigenvalue weighted by molar-refractivity contribution is 7.89. The Morgan fingerprint density at radius 3 is 2.38 bits per heavy atom. The molecule has 0 amide bonds. The maximum absolute atomic E-state index is 13.1. The smallest absolute Gasteiger partial charge is 0.339 e. The lowest BCUT2D eigenvalue weighted by molar-refractivity contribution is -0.0329. The van der Waals surface area contributed by atoms with Crippen molar-refractivity contribution in [3.8, 4) is 5.75 Å². The third-order valence-corrected chi connectivity index (χ3v) is 7.41. The Morgan fingerprint density at radius 2 is 1.72 bits per heavy atom. The van der Waals surface area contributed by atoms with Crippen LogP contribution in [0.4, 0.5) is 0 Å². The molecule has 0 bridgehead atoms. The summed E-state index contributed by atoms with van der Waals surface area (Å²) in [6, 6.07) is 13.9. The first kappa shape index (κ1) is 19.9. The van der Waals surface area contributed by atoms with Crippen molar-refractivity contribution >= 4 is 16.0 Å². The number of hydrogen-bond donors (Lipinski definition) is 0. The van der Waals surface area contributed by atoms with Crippen molar-refractivity contribution in [2.45, 2.75) is 37.2 Å². The number of benzene rings is 2. The Kier molecular flexibility index (Phi) is 5.12. The molecular weight excluding hydrogens is 390 g/mol. The van der Waals surface area contributed by atoms with E-state index in [2.05, 4.69) is 13.8 Å². The summed E-state index contributed by atoms with van der Waals surface area (Å²) in [5, 5.41) is 0. The average molecular weight is 416 g/mol. The molecule has 2 heterocycles. The standard InChI is InChI=1S/C22H25NO5S/c1-16(2)15-27-17-7-9-18(10-8-17)29(25,26)23-13-11-22(12-14-23)20-6-4-3-5-19(20)21(24)28-22/h3-10,16H,11-15H2,1-2H3. The number of sulfonamides is 1. The number of piperidine rings is 1. The highest BCUT2D eigenvalue weighted by Crippen LogP contribution is 2.44. The number of fused-ring (bicyclic) bond motifs is 2. The number of ether oxygens (including phenoxy) is 2. The summed E-state index contributed by atoms with van der Waals surface area (Å²) in [7, 11) is -3.61. The normalized spacial score (nSPS) is 18.7. The van der Waals surface area contributed by atoms with Crippen molar-refractivity contribution in [1.29, 1.82) is 0 Å². The van der Waals surface area contributed by atoms with Gasteiger partial charge in [-0.2, -0.15) is 4.31 Å². The van der Waals surface area contributed by atoms with Crippen LogP contribution < -0.4 is 4.74 Å². The Bertz CT molecular complexity index is 1010. The second-order valence-corrected chi connectivity index (χ2v) is 9.95. The zero-order chi connectivity index (χ0) is 20.6. The highest BCUT2D eigenvalue weighted by atomic mass is 32.2. The zero-order valence-corrected chi connectivity index (χ0v) is 17.4. The number of esters is 1. The Balaban J connectivity index is 1.48. The summed E-state index contributed by atoms with van der Waals surface area (Å²) < 4.78 is 38.9. The van der Waals surface area contributed by atoms with Crippen LogP contribution in [-0.2, 0) is 20.4 Å². The lowest BCUT2D eigenvalue weighted by Crippen LogP contribution is -2.45. The maximum atomic E-state index is 13.1. The number of rotatable bonds is 5. The minimum atomic E-state index is -3.61. The summed E-state index contributed by atoms with van der Waals surface area (Å²) in [5.74, 6) is 0.729. The van der Waals surface area contributed by atoms with E-state index < -0.39 is 15.6 Å². The minimum absolute atomic E-state index is 0.245. The van der Waals surface area contributed by atoms with Gasteiger partial charge in [0.15, 0.2) is 0 Å². The van der Waals surface area contributed by atoms with Gasteiger partial charge in [0.05, 0.1) is 17.1 Å². The fourth-order valence-electron chi connectivity index (χ4n) is 3.92. The van der Waals surface area contributed by atoms with Gasteiger partial charge in [-0.05, 0) is 36.2 Å². The topological polar surface area (TPSA) is 72.9 Å². The number of hydrogen-bond acceptors (Lipinski definition) is 5. The van der Waals surface area contributed by atoms with E-state index in [0.29, 0.717) is 49.8 Å². The van der Waals surface area contributed by atoms with E-state index in [-0.39, 0.29) is 10.9 Å². The van der Waals surface area contributed by atoms with Gasteiger partial charge in [-0.3, -0.25) is 0 Å². The first-order valence-corrected chi connectivity index (χ1v) is 11.3. The summed E-state index contributed by atoms with van der Waals surface area (Å²) in [4.78, 5) is 12.4. The second-order valence-electron chi connectivity index (χ2n) is 8.01. The van der Waals surface area contributed by atoms with Crippen LogP contribution in [0, 0.1) is 5.92 Å². The third kappa shape index (κ3) is 3.65. The number of nitrogens with zero attached hydrogens (tertiary/aromatic N) is 1. The molecule has 154 valence electrons. The Morgan fingerprint density at radius 1 is 1.07 bits per heavy atom. The quantitative estimate of drug-likeness (QED) is 0.698. The van der Waals surface area contributed by atoms with Crippen molar-refractivity contribution < 1.29 is 22.7 Å². The lowest BCUT2D eigenvalue weighted by atomic mass is 9.84. The van der Waals surface area contributed by atoms with Gasteiger partial charge >= 0.3 is 5.97 Å². The van der Waals surface area contributed by atoms with Crippen LogP contribution in [0.1, 0.15) is 42.6 Å². The zero-order valence-electron chi connectivity index (χ0n) is 16.6. The van der Waals surface area contributed by atoms with E-state index in [1.165, 1.54) is 4.31 Å². The summed E-state index contributed by atoms with van der Waals surface area (Å²) in [6.07, 6.45) is 0.898. The SMILES string of the molecule is CC(C)COc1ccc(S(=O)(=O)N2CCC3(CC2)OC(=O)c2ccccc23)cc1. The number of carbonyl (C=O) groups excluding carboxylic acids is 1.